The first-order valence-corrected chi connectivity index (χ1v) is 10.8. The Bertz CT molecular complexity index is 828. The topological polar surface area (TPSA) is 54.7 Å². The Morgan fingerprint density at radius 3 is 2.79 bits per heavy atom. The molecule has 0 saturated carbocycles. The van der Waals surface area contributed by atoms with Crippen molar-refractivity contribution in [3.8, 4) is 0 Å². The minimum absolute atomic E-state index is 0.164. The molecular weight excluding hydrogens is 362 g/mol. The third-order valence-electron chi connectivity index (χ3n) is 6.27. The number of guanidine groups is 1. The van der Waals surface area contributed by atoms with Crippen LogP contribution in [0, 0.1) is 12.8 Å². The summed E-state index contributed by atoms with van der Waals surface area (Å²) in [5, 5.41) is 7.97. The van der Waals surface area contributed by atoms with Crippen molar-refractivity contribution in [1.82, 2.24) is 20.0 Å². The molecule has 29 heavy (non-hydrogen) atoms. The molecule has 1 N–H and O–H groups in total. The zero-order valence-electron chi connectivity index (χ0n) is 17.8. The monoisotopic (exact) mass is 395 g/mol. The van der Waals surface area contributed by atoms with Gasteiger partial charge in [-0.05, 0) is 37.3 Å². The lowest BCUT2D eigenvalue weighted by Crippen LogP contribution is -2.43. The maximum atomic E-state index is 6.18. The number of rotatable bonds is 4. The quantitative estimate of drug-likeness (QED) is 0.638. The van der Waals surface area contributed by atoms with E-state index in [1.54, 1.807) is 0 Å². The van der Waals surface area contributed by atoms with Crippen molar-refractivity contribution in [2.45, 2.75) is 38.2 Å². The second-order valence-corrected chi connectivity index (χ2v) is 8.41. The summed E-state index contributed by atoms with van der Waals surface area (Å²) in [7, 11) is 3.86. The van der Waals surface area contributed by atoms with Crippen LogP contribution in [0.1, 0.15) is 48.0 Å². The highest BCUT2D eigenvalue weighted by atomic mass is 16.5. The van der Waals surface area contributed by atoms with E-state index in [-0.39, 0.29) is 6.10 Å². The molecule has 6 heteroatoms. The maximum Gasteiger partial charge on any atom is 0.193 e. The number of aromatic nitrogens is 2. The van der Waals surface area contributed by atoms with Gasteiger partial charge in [0, 0.05) is 58.4 Å². The molecule has 0 aliphatic carbocycles. The fourth-order valence-corrected chi connectivity index (χ4v) is 4.61. The van der Waals surface area contributed by atoms with Crippen LogP contribution in [0.2, 0.25) is 0 Å². The van der Waals surface area contributed by atoms with Crippen LogP contribution in [0.3, 0.4) is 0 Å². The van der Waals surface area contributed by atoms with E-state index in [9.17, 15) is 0 Å². The molecule has 2 fully saturated rings. The molecule has 2 aliphatic heterocycles. The van der Waals surface area contributed by atoms with Gasteiger partial charge in [0.25, 0.3) is 0 Å². The van der Waals surface area contributed by atoms with E-state index < -0.39 is 0 Å². The van der Waals surface area contributed by atoms with Gasteiger partial charge in [-0.3, -0.25) is 9.67 Å². The molecule has 0 radical (unpaired) electrons. The first kappa shape index (κ1) is 20.0. The van der Waals surface area contributed by atoms with Crippen LogP contribution in [-0.4, -0.2) is 53.9 Å². The lowest BCUT2D eigenvalue weighted by atomic mass is 9.89. The fraction of sp³-hybridized carbons (Fsp3) is 0.565. The van der Waals surface area contributed by atoms with Crippen LogP contribution in [0.15, 0.2) is 41.7 Å². The standard InChI is InChI=1S/C23H33N5O/c1-17-6-8-18(9-7-17)22-19(5-4-12-29-22)13-25-23(24-2)28-11-10-20(16-28)21-14-26-27(3)15-21/h6-9,14-15,19-20,22H,4-5,10-13,16H2,1-3H3,(H,24,25). The number of aliphatic imine (C=N–C) groups is 1. The lowest BCUT2D eigenvalue weighted by molar-refractivity contribution is -0.0266. The Morgan fingerprint density at radius 1 is 1.24 bits per heavy atom. The lowest BCUT2D eigenvalue weighted by Gasteiger charge is -2.33. The van der Waals surface area contributed by atoms with Crippen molar-refractivity contribution < 1.29 is 4.74 Å². The summed E-state index contributed by atoms with van der Waals surface area (Å²) in [4.78, 5) is 6.94. The molecule has 3 atom stereocenters. The summed E-state index contributed by atoms with van der Waals surface area (Å²) in [6, 6.07) is 8.79. The molecular formula is C23H33N5O. The largest absolute Gasteiger partial charge is 0.373 e. The van der Waals surface area contributed by atoms with Gasteiger partial charge in [-0.1, -0.05) is 29.8 Å². The second-order valence-electron chi connectivity index (χ2n) is 8.41. The minimum Gasteiger partial charge on any atom is -0.373 e. The molecule has 2 saturated heterocycles. The van der Waals surface area contributed by atoms with Crippen molar-refractivity contribution in [3.63, 3.8) is 0 Å². The number of hydrogen-bond donors (Lipinski definition) is 1. The molecule has 1 aromatic heterocycles. The molecule has 1 aromatic carbocycles. The molecule has 0 bridgehead atoms. The molecule has 0 spiro atoms. The van der Waals surface area contributed by atoms with Gasteiger partial charge < -0.3 is 15.0 Å². The van der Waals surface area contributed by atoms with Gasteiger partial charge in [0.1, 0.15) is 0 Å². The average molecular weight is 396 g/mol. The van der Waals surface area contributed by atoms with Crippen LogP contribution >= 0.6 is 0 Å². The van der Waals surface area contributed by atoms with Gasteiger partial charge >= 0.3 is 0 Å². The molecule has 156 valence electrons. The summed E-state index contributed by atoms with van der Waals surface area (Å²) in [6.45, 7) is 5.89. The first-order chi connectivity index (χ1) is 14.1. The van der Waals surface area contributed by atoms with Crippen molar-refractivity contribution in [2.24, 2.45) is 18.0 Å². The number of benzene rings is 1. The highest BCUT2D eigenvalue weighted by molar-refractivity contribution is 5.80. The van der Waals surface area contributed by atoms with Crippen LogP contribution in [0.4, 0.5) is 0 Å². The zero-order chi connectivity index (χ0) is 20.2. The van der Waals surface area contributed by atoms with Crippen LogP contribution in [0.5, 0.6) is 0 Å². The van der Waals surface area contributed by atoms with Gasteiger partial charge in [-0.15, -0.1) is 0 Å². The highest BCUT2D eigenvalue weighted by Crippen LogP contribution is 2.33. The van der Waals surface area contributed by atoms with E-state index in [2.05, 4.69) is 57.7 Å². The Morgan fingerprint density at radius 2 is 2.07 bits per heavy atom. The summed E-state index contributed by atoms with van der Waals surface area (Å²) in [5.41, 5.74) is 3.90. The van der Waals surface area contributed by atoms with E-state index >= 15 is 0 Å². The predicted octanol–water partition coefficient (Wildman–Crippen LogP) is 3.26. The number of nitrogens with zero attached hydrogens (tertiary/aromatic N) is 4. The van der Waals surface area contributed by atoms with Crippen molar-refractivity contribution >= 4 is 5.96 Å². The maximum absolute atomic E-state index is 6.18. The molecule has 2 aromatic rings. The Kier molecular flexibility index (Phi) is 6.19. The third kappa shape index (κ3) is 4.64. The van der Waals surface area contributed by atoms with E-state index in [1.165, 1.54) is 23.1 Å². The molecule has 6 nitrogen and oxygen atoms in total. The summed E-state index contributed by atoms with van der Waals surface area (Å²) in [6.07, 6.45) is 7.74. The molecule has 0 amide bonds. The second kappa shape index (κ2) is 8.99. The van der Waals surface area contributed by atoms with Crippen LogP contribution in [0.25, 0.3) is 0 Å². The fourth-order valence-electron chi connectivity index (χ4n) is 4.61. The van der Waals surface area contributed by atoms with Crippen LogP contribution in [-0.2, 0) is 11.8 Å². The molecule has 3 unspecified atom stereocenters. The van der Waals surface area contributed by atoms with Crippen molar-refractivity contribution in [1.29, 1.82) is 0 Å². The number of hydrogen-bond acceptors (Lipinski definition) is 3. The summed E-state index contributed by atoms with van der Waals surface area (Å²) >= 11 is 0. The Labute approximate surface area is 174 Å². The Balaban J connectivity index is 1.36. The number of nitrogens with one attached hydrogen (secondary N) is 1. The molecule has 4 rings (SSSR count). The van der Waals surface area contributed by atoms with Gasteiger partial charge in [-0.2, -0.15) is 5.10 Å². The zero-order valence-corrected chi connectivity index (χ0v) is 17.8. The van der Waals surface area contributed by atoms with Gasteiger partial charge in [0.05, 0.1) is 12.3 Å². The molecule has 2 aliphatic rings. The predicted molar refractivity (Wildman–Crippen MR) is 116 cm³/mol. The highest BCUT2D eigenvalue weighted by Gasteiger charge is 2.30. The van der Waals surface area contributed by atoms with E-state index in [0.717, 1.165) is 45.0 Å². The van der Waals surface area contributed by atoms with Crippen LogP contribution < -0.4 is 5.32 Å². The first-order valence-electron chi connectivity index (χ1n) is 10.8. The number of ether oxygens (including phenoxy) is 1. The average Bonchev–Trinajstić information content (AvgIpc) is 3.39. The minimum atomic E-state index is 0.164. The smallest absolute Gasteiger partial charge is 0.193 e. The number of aryl methyl sites for hydroxylation is 2. The van der Waals surface area contributed by atoms with Gasteiger partial charge in [-0.25, -0.2) is 0 Å². The summed E-state index contributed by atoms with van der Waals surface area (Å²) in [5.74, 6) is 1.99. The summed E-state index contributed by atoms with van der Waals surface area (Å²) < 4.78 is 8.07. The van der Waals surface area contributed by atoms with Crippen molar-refractivity contribution in [2.75, 3.05) is 33.3 Å². The van der Waals surface area contributed by atoms with E-state index in [0.29, 0.717) is 11.8 Å². The molecule has 3 heterocycles. The third-order valence-corrected chi connectivity index (χ3v) is 6.27. The normalized spacial score (nSPS) is 25.4. The van der Waals surface area contributed by atoms with Crippen molar-refractivity contribution in [3.05, 3.63) is 53.3 Å². The number of likely N-dealkylation sites (tertiary alicyclic amines) is 1. The SMILES string of the molecule is CN=C(NCC1CCCOC1c1ccc(C)cc1)N1CCC(c2cnn(C)c2)C1. The van der Waals surface area contributed by atoms with Gasteiger partial charge in [0.2, 0.25) is 0 Å². The Hall–Kier alpha value is -2.34. The van der Waals surface area contributed by atoms with E-state index in [4.69, 9.17) is 4.74 Å². The van der Waals surface area contributed by atoms with Gasteiger partial charge in [0.15, 0.2) is 5.96 Å². The van der Waals surface area contributed by atoms with E-state index in [1.807, 2.05) is 25.0 Å².